The van der Waals surface area contributed by atoms with Crippen LogP contribution in [0.15, 0.2) is 0 Å². The Morgan fingerprint density at radius 3 is 0.333 bits per heavy atom. The van der Waals surface area contributed by atoms with Gasteiger partial charge in [-0.05, 0) is 0 Å². The molecule has 0 aliphatic heterocycles. The maximum atomic E-state index is 4.39. The maximum Gasteiger partial charge on any atom is 6.00 e. The molecular weight excluding hydrogens is 1050 g/mol. The number of hydrogen-bond acceptors (Lipinski definition) is 0. The summed E-state index contributed by atoms with van der Waals surface area (Å²) in [7, 11) is 0. The van der Waals surface area contributed by atoms with Crippen LogP contribution < -0.4 is 0 Å². The summed E-state index contributed by atoms with van der Waals surface area (Å²) >= 11 is 31.2. The van der Waals surface area contributed by atoms with Crippen molar-refractivity contribution in [2.24, 2.45) is 0 Å². The van der Waals surface area contributed by atoms with Crippen molar-refractivity contribution in [2.75, 3.05) is 0 Å². The summed E-state index contributed by atoms with van der Waals surface area (Å²) in [6.07, 6.45) is 16.3. The van der Waals surface area contributed by atoms with Gasteiger partial charge in [-0.25, -0.2) is 0 Å². The fraction of sp³-hybridized carbons (Fsp3) is 0.458. The van der Waals surface area contributed by atoms with Gasteiger partial charge >= 0.3 is 34.7 Å². The van der Waals surface area contributed by atoms with Crippen molar-refractivity contribution < 1.29 is 69.4 Å². The minimum absolute atomic E-state index is 0. The molecular formula is C48H78Al2Cl6Cr4+. The Labute approximate surface area is 465 Å². The van der Waals surface area contributed by atoms with Gasteiger partial charge in [0.2, 0.25) is 0 Å². The molecule has 4 rings (SSSR count). The molecule has 0 amide bonds. The van der Waals surface area contributed by atoms with Gasteiger partial charge in [-0.15, -0.1) is 11.6 Å². The Morgan fingerprint density at radius 1 is 0.267 bits per heavy atom. The van der Waals surface area contributed by atoms with Gasteiger partial charge in [0.05, 0.1) is 0 Å². The molecule has 5 radical (unpaired) electrons. The molecule has 0 saturated heterocycles. The first-order valence-corrected chi connectivity index (χ1v) is 23.3. The minimum atomic E-state index is 0. The first-order chi connectivity index (χ1) is 26.2. The molecule has 0 nitrogen and oxygen atoms in total. The molecule has 0 fully saturated rings. The summed E-state index contributed by atoms with van der Waals surface area (Å²) < 4.78 is 0. The number of hydrogen-bond donors (Lipinski definition) is 0. The third-order valence-electron chi connectivity index (χ3n) is 11.2. The molecule has 0 saturated carbocycles. The quantitative estimate of drug-likeness (QED) is 0.122. The van der Waals surface area contributed by atoms with E-state index in [0.717, 1.165) is 0 Å². The molecule has 0 aliphatic rings. The van der Waals surface area contributed by atoms with E-state index in [2.05, 4.69) is 279 Å². The van der Waals surface area contributed by atoms with Gasteiger partial charge in [-0.3, -0.25) is 38.3 Å². The van der Waals surface area contributed by atoms with Gasteiger partial charge in [0.15, 0.2) is 0 Å². The van der Waals surface area contributed by atoms with E-state index in [1.165, 1.54) is 111 Å². The minimum Gasteiger partial charge on any atom is -0.352 e. The molecule has 0 atom stereocenters. The monoisotopic (exact) mass is 1130 g/mol. The average Bonchev–Trinajstić information content (AvgIpc) is 3.70. The summed E-state index contributed by atoms with van der Waals surface area (Å²) in [5, 5.41) is 0. The van der Waals surface area contributed by atoms with Gasteiger partial charge in [0.1, 0.15) is 32.6 Å². The molecule has 0 aliphatic carbocycles. The molecule has 0 spiro atoms. The van der Waals surface area contributed by atoms with Crippen molar-refractivity contribution in [3.8, 4) is 0 Å². The van der Waals surface area contributed by atoms with Crippen LogP contribution in [0.1, 0.15) is 111 Å². The van der Waals surface area contributed by atoms with Crippen LogP contribution in [0.2, 0.25) is 11.6 Å². The smallest absolute Gasteiger partial charge is 0.352 e. The van der Waals surface area contributed by atoms with Crippen molar-refractivity contribution >= 4 is 102 Å². The van der Waals surface area contributed by atoms with E-state index in [1.54, 1.807) is 0 Å². The first-order valence-electron chi connectivity index (χ1n) is 17.8. The third-order valence-corrected chi connectivity index (χ3v) is 11.2. The number of halogens is 6. The fourth-order valence-electron chi connectivity index (χ4n) is 5.62. The van der Waals surface area contributed by atoms with Gasteiger partial charge in [0.25, 0.3) is 0 Å². The Balaban J connectivity index is -0.0000000450. The molecule has 0 aromatic heterocycles. The van der Waals surface area contributed by atoms with Crippen molar-refractivity contribution in [3.05, 3.63) is 150 Å². The van der Waals surface area contributed by atoms with E-state index in [-0.39, 0.29) is 69.4 Å². The molecule has 341 valence electrons. The zero-order chi connectivity index (χ0) is 47.5. The zero-order valence-corrected chi connectivity index (χ0v) is 53.2. The van der Waals surface area contributed by atoms with E-state index in [1.807, 2.05) is 11.6 Å². The van der Waals surface area contributed by atoms with Crippen molar-refractivity contribution in [2.45, 2.75) is 150 Å². The van der Waals surface area contributed by atoms with Gasteiger partial charge in [0, 0.05) is 34.7 Å². The fourth-order valence-corrected chi connectivity index (χ4v) is 5.62. The average molecular weight is 1130 g/mol. The SMILES string of the molecule is Cc1c(C)c(C)[c-](C)c1C.Cc1c(C)c(C)[c-](C)c1C.Cc1c(C)c(C)[c-](C)c1C.Cc1c(C)c(C)[c-](C)c1C.[CH2-]Cl.[CH2-]Cl.[CH2-]Cl.[CH2-]Cl.[CH2-]Cl.[CH2-]Cl.[CH3][Al].[CH3][Al].[Cr+5].[Cr+6].[Cr].[Cr]. The topological polar surface area (TPSA) is 0 Å². The van der Waals surface area contributed by atoms with Crippen LogP contribution in [0.5, 0.6) is 0 Å². The van der Waals surface area contributed by atoms with E-state index in [9.17, 15) is 0 Å². The molecule has 4 aromatic rings. The summed E-state index contributed by atoms with van der Waals surface area (Å²) in [6.45, 7) is 44.0. The molecule has 12 heteroatoms. The van der Waals surface area contributed by atoms with Crippen molar-refractivity contribution in [1.29, 1.82) is 0 Å². The molecule has 0 bridgehead atoms. The zero-order valence-electron chi connectivity index (χ0n) is 41.3. The maximum absolute atomic E-state index is 4.39. The summed E-state index contributed by atoms with van der Waals surface area (Å²) in [5.41, 5.74) is 29.4. The second-order valence-corrected chi connectivity index (χ2v) is 12.5. The second-order valence-electron chi connectivity index (χ2n) is 12.5. The predicted octanol–water partition coefficient (Wildman–Crippen LogP) is 18.3. The van der Waals surface area contributed by atoms with E-state index >= 15 is 0 Å². The van der Waals surface area contributed by atoms with Crippen LogP contribution >= 0.6 is 69.6 Å². The van der Waals surface area contributed by atoms with Crippen molar-refractivity contribution in [3.63, 3.8) is 0 Å². The second kappa shape index (κ2) is 57.5. The Hall–Kier alpha value is 2.33. The largest absolute Gasteiger partial charge is 6.00 e. The predicted molar refractivity (Wildman–Crippen MR) is 273 cm³/mol. The standard InChI is InChI=1S/4C10H15.6CH2Cl.2CH3.2Al.4Cr/c4*1-6-7(2)9(4)10(5)8(6)3;6*1-2;;;;;;;;/h4*1-5H3;6*1H2;2*1H3;;;;;;/q10*-1;;;;;;;+5;+6. The van der Waals surface area contributed by atoms with Crippen LogP contribution in [0.3, 0.4) is 0 Å². The van der Waals surface area contributed by atoms with Crippen LogP contribution in [-0.2, 0) is 69.4 Å². The summed E-state index contributed by atoms with van der Waals surface area (Å²) in [5.74, 6) is 3.83. The van der Waals surface area contributed by atoms with Crippen LogP contribution in [0.25, 0.3) is 0 Å². The molecule has 4 aromatic carbocycles. The summed E-state index contributed by atoms with van der Waals surface area (Å²) in [6, 6.07) is 0. The van der Waals surface area contributed by atoms with E-state index in [0.29, 0.717) is 0 Å². The molecule has 0 heterocycles. The normalized spacial score (nSPS) is 7.77. The number of rotatable bonds is 0. The Morgan fingerprint density at radius 2 is 0.317 bits per heavy atom. The van der Waals surface area contributed by atoms with E-state index < -0.39 is 0 Å². The van der Waals surface area contributed by atoms with Crippen LogP contribution in [-0.4, -0.2) is 32.6 Å². The van der Waals surface area contributed by atoms with Gasteiger partial charge < -0.3 is 69.6 Å². The summed E-state index contributed by atoms with van der Waals surface area (Å²) in [4.78, 5) is 0. The molecule has 60 heavy (non-hydrogen) atoms. The first kappa shape index (κ1) is 92.6. The van der Waals surface area contributed by atoms with Crippen molar-refractivity contribution in [1.82, 2.24) is 0 Å². The third kappa shape index (κ3) is 31.3. The van der Waals surface area contributed by atoms with Gasteiger partial charge in [-0.2, -0.15) is 111 Å². The van der Waals surface area contributed by atoms with Crippen LogP contribution in [0, 0.1) is 177 Å². The Kier molecular flexibility index (Phi) is 88.6. The Bertz CT molecular complexity index is 971. The van der Waals surface area contributed by atoms with Gasteiger partial charge in [-0.1, -0.05) is 138 Å². The van der Waals surface area contributed by atoms with E-state index in [4.69, 9.17) is 0 Å². The molecule has 0 unspecified atom stereocenters. The van der Waals surface area contributed by atoms with Crippen LogP contribution in [0.4, 0.5) is 0 Å². The molecule has 0 N–H and O–H groups in total.